The summed E-state index contributed by atoms with van der Waals surface area (Å²) >= 11 is 9.68. The molecule has 0 aromatic heterocycles. The number of anilines is 2. The molecule has 2 aliphatic carbocycles. The summed E-state index contributed by atoms with van der Waals surface area (Å²) in [6.07, 6.45) is 0.637. The number of nitrogens with one attached hydrogen (secondary N) is 2. The highest BCUT2D eigenvalue weighted by molar-refractivity contribution is 9.09. The van der Waals surface area contributed by atoms with Crippen molar-refractivity contribution in [2.75, 3.05) is 17.7 Å². The maximum atomic E-state index is 13.3. The summed E-state index contributed by atoms with van der Waals surface area (Å²) in [5, 5.41) is 6.12. The number of hydrogen-bond acceptors (Lipinski definition) is 5. The van der Waals surface area contributed by atoms with Crippen LogP contribution in [0.4, 0.5) is 11.4 Å². The Balaban J connectivity index is 1.38. The number of fused-ring (bicyclic) bond motifs is 1. The molecule has 6 atom stereocenters. The molecule has 2 saturated carbocycles. The molecule has 2 aromatic carbocycles. The zero-order valence-electron chi connectivity index (χ0n) is 17.0. The fraction of sp³-hybridized carbons (Fsp3) is 0.348. The Morgan fingerprint density at radius 2 is 1.91 bits per heavy atom. The molecule has 0 unspecified atom stereocenters. The Labute approximate surface area is 197 Å². The third-order valence-corrected chi connectivity index (χ3v) is 8.10. The van der Waals surface area contributed by atoms with Crippen LogP contribution in [0.1, 0.15) is 16.8 Å². The molecule has 0 radical (unpaired) electrons. The molecule has 0 spiro atoms. The van der Waals surface area contributed by atoms with Gasteiger partial charge in [-0.05, 0) is 42.7 Å². The lowest BCUT2D eigenvalue weighted by Gasteiger charge is -2.27. The van der Waals surface area contributed by atoms with Crippen LogP contribution in [0.25, 0.3) is 0 Å². The smallest absolute Gasteiger partial charge is 0.310 e. The maximum Gasteiger partial charge on any atom is 0.310 e. The van der Waals surface area contributed by atoms with Gasteiger partial charge in [0.1, 0.15) is 11.9 Å². The summed E-state index contributed by atoms with van der Waals surface area (Å²) in [6.45, 7) is 0. The lowest BCUT2D eigenvalue weighted by Crippen LogP contribution is -2.40. The molecule has 2 amide bonds. The molecule has 9 heteroatoms. The van der Waals surface area contributed by atoms with Crippen molar-refractivity contribution in [3.63, 3.8) is 0 Å². The quantitative estimate of drug-likeness (QED) is 0.458. The van der Waals surface area contributed by atoms with Crippen molar-refractivity contribution in [2.24, 2.45) is 23.7 Å². The van der Waals surface area contributed by atoms with Crippen molar-refractivity contribution in [1.29, 1.82) is 0 Å². The van der Waals surface area contributed by atoms with Crippen LogP contribution in [0, 0.1) is 23.7 Å². The van der Waals surface area contributed by atoms with Crippen LogP contribution >= 0.6 is 27.5 Å². The second-order valence-electron chi connectivity index (χ2n) is 8.29. The number of alkyl halides is 1. The third-order valence-electron chi connectivity index (χ3n) is 6.67. The number of para-hydroxylation sites is 1. The first-order valence-corrected chi connectivity index (χ1v) is 11.6. The van der Waals surface area contributed by atoms with Crippen LogP contribution in [0.2, 0.25) is 5.02 Å². The van der Waals surface area contributed by atoms with E-state index in [-0.39, 0.29) is 40.2 Å². The molecule has 7 nitrogen and oxygen atoms in total. The highest BCUT2D eigenvalue weighted by Crippen LogP contribution is 2.60. The summed E-state index contributed by atoms with van der Waals surface area (Å²) < 4.78 is 10.8. The van der Waals surface area contributed by atoms with Gasteiger partial charge in [0.05, 0.1) is 40.7 Å². The lowest BCUT2D eigenvalue weighted by atomic mass is 9.79. The molecule has 5 rings (SSSR count). The average molecular weight is 520 g/mol. The van der Waals surface area contributed by atoms with Crippen molar-refractivity contribution < 1.29 is 23.9 Å². The Bertz CT molecular complexity index is 1130. The molecule has 1 heterocycles. The van der Waals surface area contributed by atoms with E-state index in [1.54, 1.807) is 42.5 Å². The van der Waals surface area contributed by atoms with Crippen molar-refractivity contribution in [3.05, 3.63) is 53.1 Å². The maximum absolute atomic E-state index is 13.3. The summed E-state index contributed by atoms with van der Waals surface area (Å²) in [6, 6.07) is 11.6. The molecular weight excluding hydrogens is 500 g/mol. The number of hydrogen-bond donors (Lipinski definition) is 2. The highest BCUT2D eigenvalue weighted by atomic mass is 79.9. The Morgan fingerprint density at radius 3 is 2.69 bits per heavy atom. The Morgan fingerprint density at radius 1 is 1.12 bits per heavy atom. The minimum absolute atomic E-state index is 0.0261. The standard InChI is InChI=1S/C23H20BrClN2O5/c1-31-16-7-6-10(25)8-15(16)27-21(28)11-4-2-3-5-14(11)26-22(29)17-12-9-13-18(17)23(30)32-20(13)19(12)24/h2-8,12-13,17-20H,9H2,1H3,(H,26,29)(H,27,28)/t12-,13-,17-,18-,19+,20+/m1/s1. The van der Waals surface area contributed by atoms with Gasteiger partial charge in [-0.25, -0.2) is 0 Å². The second-order valence-corrected chi connectivity index (χ2v) is 9.79. The first-order valence-electron chi connectivity index (χ1n) is 10.3. The molecule has 1 aliphatic heterocycles. The second kappa shape index (κ2) is 8.08. The van der Waals surface area contributed by atoms with Crippen molar-refractivity contribution in [2.45, 2.75) is 17.4 Å². The van der Waals surface area contributed by atoms with Crippen LogP contribution in [0.3, 0.4) is 0 Å². The molecular formula is C23H20BrClN2O5. The zero-order valence-corrected chi connectivity index (χ0v) is 19.4. The minimum Gasteiger partial charge on any atom is -0.495 e. The number of benzene rings is 2. The number of carbonyl (C=O) groups is 3. The first-order chi connectivity index (χ1) is 15.4. The Hall–Kier alpha value is -2.58. The lowest BCUT2D eigenvalue weighted by molar-refractivity contribution is -0.145. The summed E-state index contributed by atoms with van der Waals surface area (Å²) in [4.78, 5) is 38.6. The van der Waals surface area contributed by atoms with E-state index < -0.39 is 17.7 Å². The van der Waals surface area contributed by atoms with Crippen LogP contribution in [0.15, 0.2) is 42.5 Å². The topological polar surface area (TPSA) is 93.7 Å². The zero-order chi connectivity index (χ0) is 22.6. The number of amides is 2. The van der Waals surface area contributed by atoms with Crippen LogP contribution in [-0.2, 0) is 14.3 Å². The van der Waals surface area contributed by atoms with Gasteiger partial charge >= 0.3 is 5.97 Å². The predicted octanol–water partition coefficient (Wildman–Crippen LogP) is 4.11. The normalized spacial score (nSPS) is 29.5. The summed E-state index contributed by atoms with van der Waals surface area (Å²) in [5.74, 6) is -1.35. The van der Waals surface area contributed by atoms with E-state index >= 15 is 0 Å². The van der Waals surface area contributed by atoms with Gasteiger partial charge < -0.3 is 20.1 Å². The van der Waals surface area contributed by atoms with Crippen molar-refractivity contribution >= 4 is 56.7 Å². The van der Waals surface area contributed by atoms with Crippen LogP contribution in [0.5, 0.6) is 5.75 Å². The molecule has 3 aliphatic rings. The van der Waals surface area contributed by atoms with Crippen LogP contribution < -0.4 is 15.4 Å². The molecule has 166 valence electrons. The fourth-order valence-corrected chi connectivity index (χ4v) is 6.52. The molecule has 2 bridgehead atoms. The summed E-state index contributed by atoms with van der Waals surface area (Å²) in [5.41, 5.74) is 1.07. The minimum atomic E-state index is -0.486. The van der Waals surface area contributed by atoms with Gasteiger partial charge in [-0.15, -0.1) is 0 Å². The number of ether oxygens (including phenoxy) is 2. The van der Waals surface area contributed by atoms with E-state index in [1.165, 1.54) is 7.11 Å². The number of carbonyl (C=O) groups excluding carboxylic acids is 3. The van der Waals surface area contributed by atoms with Gasteiger partial charge in [-0.1, -0.05) is 39.7 Å². The van der Waals surface area contributed by atoms with Gasteiger partial charge in [0.25, 0.3) is 5.91 Å². The van der Waals surface area contributed by atoms with Gasteiger partial charge in [-0.3, -0.25) is 14.4 Å². The number of esters is 1. The van der Waals surface area contributed by atoms with E-state index in [1.807, 2.05) is 0 Å². The van der Waals surface area contributed by atoms with E-state index in [2.05, 4.69) is 26.6 Å². The van der Waals surface area contributed by atoms with Gasteiger partial charge in [-0.2, -0.15) is 0 Å². The number of methoxy groups -OCH3 is 1. The number of halogens is 2. The SMILES string of the molecule is COc1ccc(Cl)cc1NC(=O)c1ccccc1NC(=O)[C@@H]1[C@H]2C[C@H]3[C@H](OC(=O)[C@H]31)[C@H]2Br. The third kappa shape index (κ3) is 3.36. The molecule has 1 saturated heterocycles. The van der Waals surface area contributed by atoms with E-state index in [4.69, 9.17) is 21.1 Å². The van der Waals surface area contributed by atoms with E-state index in [9.17, 15) is 14.4 Å². The van der Waals surface area contributed by atoms with E-state index in [0.29, 0.717) is 22.1 Å². The van der Waals surface area contributed by atoms with Crippen LogP contribution in [-0.4, -0.2) is 35.8 Å². The monoisotopic (exact) mass is 518 g/mol. The van der Waals surface area contributed by atoms with Gasteiger partial charge in [0.2, 0.25) is 5.91 Å². The molecule has 2 aromatic rings. The molecule has 32 heavy (non-hydrogen) atoms. The summed E-state index contributed by atoms with van der Waals surface area (Å²) in [7, 11) is 1.50. The first kappa shape index (κ1) is 21.3. The average Bonchev–Trinajstić information content (AvgIpc) is 3.38. The Kier molecular flexibility index (Phi) is 5.37. The van der Waals surface area contributed by atoms with E-state index in [0.717, 1.165) is 6.42 Å². The number of rotatable bonds is 5. The van der Waals surface area contributed by atoms with Crippen molar-refractivity contribution in [3.8, 4) is 5.75 Å². The molecule has 2 N–H and O–H groups in total. The van der Waals surface area contributed by atoms with Gasteiger partial charge in [0, 0.05) is 10.9 Å². The fourth-order valence-electron chi connectivity index (χ4n) is 5.30. The molecule has 3 fully saturated rings. The van der Waals surface area contributed by atoms with Gasteiger partial charge in [0.15, 0.2) is 0 Å². The highest BCUT2D eigenvalue weighted by Gasteiger charge is 2.67. The van der Waals surface area contributed by atoms with Crippen molar-refractivity contribution in [1.82, 2.24) is 0 Å². The predicted molar refractivity (Wildman–Crippen MR) is 122 cm³/mol. The largest absolute Gasteiger partial charge is 0.495 e.